The van der Waals surface area contributed by atoms with Gasteiger partial charge in [-0.3, -0.25) is 9.69 Å². The van der Waals surface area contributed by atoms with Crippen LogP contribution in [0.1, 0.15) is 29.9 Å². The number of amides is 1. The summed E-state index contributed by atoms with van der Waals surface area (Å²) in [4.78, 5) is 19.2. The first-order valence-electron chi connectivity index (χ1n) is 8.01. The fourth-order valence-corrected chi connectivity index (χ4v) is 3.06. The van der Waals surface area contributed by atoms with E-state index in [1.54, 1.807) is 13.3 Å². The lowest BCUT2D eigenvalue weighted by Crippen LogP contribution is -2.43. The molecule has 1 aliphatic heterocycles. The van der Waals surface area contributed by atoms with E-state index < -0.39 is 0 Å². The third-order valence-corrected chi connectivity index (χ3v) is 4.48. The molecule has 0 radical (unpaired) electrons. The Labute approximate surface area is 136 Å². The predicted octanol–water partition coefficient (Wildman–Crippen LogP) is 1.48. The molecular weight excluding hydrogens is 292 g/mol. The van der Waals surface area contributed by atoms with E-state index in [0.29, 0.717) is 11.7 Å². The number of fused-ring (bicyclic) bond motifs is 1. The van der Waals surface area contributed by atoms with E-state index in [1.807, 2.05) is 29.7 Å². The van der Waals surface area contributed by atoms with Gasteiger partial charge in [0.05, 0.1) is 12.1 Å². The van der Waals surface area contributed by atoms with Crippen LogP contribution in [0.2, 0.25) is 0 Å². The summed E-state index contributed by atoms with van der Waals surface area (Å²) in [6.07, 6.45) is 3.75. The van der Waals surface area contributed by atoms with Gasteiger partial charge in [-0.15, -0.1) is 0 Å². The molecule has 124 valence electrons. The molecule has 2 atom stereocenters. The number of pyridine rings is 1. The summed E-state index contributed by atoms with van der Waals surface area (Å²) in [5.41, 5.74) is 2.34. The van der Waals surface area contributed by atoms with Gasteiger partial charge in [-0.05, 0) is 32.4 Å². The third-order valence-electron chi connectivity index (χ3n) is 4.48. The fraction of sp³-hybridized carbons (Fsp3) is 0.529. The summed E-state index contributed by atoms with van der Waals surface area (Å²) in [6, 6.07) is 4.33. The smallest absolute Gasteiger partial charge is 0.271 e. The minimum Gasteiger partial charge on any atom is -0.378 e. The molecule has 1 amide bonds. The Morgan fingerprint density at radius 2 is 2.13 bits per heavy atom. The van der Waals surface area contributed by atoms with Crippen molar-refractivity contribution in [2.45, 2.75) is 39.0 Å². The lowest BCUT2D eigenvalue weighted by Gasteiger charge is -2.19. The van der Waals surface area contributed by atoms with E-state index in [-0.39, 0.29) is 18.1 Å². The monoisotopic (exact) mass is 316 g/mol. The highest BCUT2D eigenvalue weighted by molar-refractivity contribution is 5.93. The number of carbonyl (C=O) groups excluding carboxylic acids is 1. The molecule has 1 aliphatic rings. The number of hydrogen-bond donors (Lipinski definition) is 1. The van der Waals surface area contributed by atoms with E-state index >= 15 is 0 Å². The van der Waals surface area contributed by atoms with Crippen LogP contribution < -0.4 is 5.32 Å². The fourth-order valence-electron chi connectivity index (χ4n) is 3.06. The molecule has 0 saturated carbocycles. The molecule has 1 N–H and O–H groups in total. The number of carbonyl (C=O) groups is 1. The number of methoxy groups -OCH3 is 1. The molecule has 2 unspecified atom stereocenters. The van der Waals surface area contributed by atoms with Crippen LogP contribution in [0.25, 0.3) is 5.65 Å². The molecule has 0 spiro atoms. The highest BCUT2D eigenvalue weighted by Crippen LogP contribution is 2.16. The average molecular weight is 316 g/mol. The Kier molecular flexibility index (Phi) is 4.37. The second-order valence-electron chi connectivity index (χ2n) is 6.50. The van der Waals surface area contributed by atoms with Crippen LogP contribution in [0.5, 0.6) is 0 Å². The number of nitrogens with zero attached hydrogens (tertiary/aromatic N) is 3. The zero-order chi connectivity index (χ0) is 16.6. The number of nitrogens with one attached hydrogen (secondary N) is 1. The first-order chi connectivity index (χ1) is 11.0. The van der Waals surface area contributed by atoms with Crippen molar-refractivity contribution in [3.05, 3.63) is 35.8 Å². The minimum atomic E-state index is -0.149. The second-order valence-corrected chi connectivity index (χ2v) is 6.50. The summed E-state index contributed by atoms with van der Waals surface area (Å²) in [7, 11) is 1.70. The number of hydrogen-bond acceptors (Lipinski definition) is 4. The van der Waals surface area contributed by atoms with Crippen molar-refractivity contribution in [3.8, 4) is 0 Å². The van der Waals surface area contributed by atoms with Crippen molar-refractivity contribution in [2.24, 2.45) is 0 Å². The zero-order valence-electron chi connectivity index (χ0n) is 14.1. The topological polar surface area (TPSA) is 58.9 Å². The van der Waals surface area contributed by atoms with Crippen molar-refractivity contribution in [3.63, 3.8) is 0 Å². The van der Waals surface area contributed by atoms with Gasteiger partial charge < -0.3 is 14.5 Å². The number of rotatable bonds is 4. The Hall–Kier alpha value is -1.92. The Morgan fingerprint density at radius 3 is 2.83 bits per heavy atom. The van der Waals surface area contributed by atoms with E-state index in [2.05, 4.69) is 29.0 Å². The highest BCUT2D eigenvalue weighted by Gasteiger charge is 2.35. The Morgan fingerprint density at radius 1 is 1.35 bits per heavy atom. The van der Waals surface area contributed by atoms with Gasteiger partial charge in [0, 0.05) is 38.6 Å². The molecule has 1 fully saturated rings. The average Bonchev–Trinajstić information content (AvgIpc) is 3.10. The Balaban J connectivity index is 1.74. The van der Waals surface area contributed by atoms with Crippen molar-refractivity contribution in [1.82, 2.24) is 19.6 Å². The second kappa shape index (κ2) is 6.29. The van der Waals surface area contributed by atoms with Crippen LogP contribution in [-0.2, 0) is 4.74 Å². The molecule has 2 aromatic rings. The normalized spacial score (nSPS) is 22.1. The number of imidazole rings is 1. The van der Waals surface area contributed by atoms with Gasteiger partial charge in [0.15, 0.2) is 0 Å². The van der Waals surface area contributed by atoms with Crippen LogP contribution in [0, 0.1) is 6.92 Å². The van der Waals surface area contributed by atoms with Gasteiger partial charge in [-0.25, -0.2) is 4.98 Å². The lowest BCUT2D eigenvalue weighted by atomic mass is 10.2. The van der Waals surface area contributed by atoms with Crippen molar-refractivity contribution < 1.29 is 9.53 Å². The summed E-state index contributed by atoms with van der Waals surface area (Å²) < 4.78 is 7.42. The van der Waals surface area contributed by atoms with E-state index in [4.69, 9.17) is 4.74 Å². The van der Waals surface area contributed by atoms with Gasteiger partial charge in [0.1, 0.15) is 11.3 Å². The van der Waals surface area contributed by atoms with Crippen LogP contribution in [0.3, 0.4) is 0 Å². The number of ether oxygens (including phenoxy) is 1. The number of aryl methyl sites for hydroxylation is 1. The van der Waals surface area contributed by atoms with Crippen molar-refractivity contribution in [2.75, 3.05) is 20.2 Å². The number of likely N-dealkylation sites (tertiary alicyclic amines) is 1. The summed E-state index contributed by atoms with van der Waals surface area (Å²) in [5, 5.41) is 3.08. The molecule has 23 heavy (non-hydrogen) atoms. The first kappa shape index (κ1) is 16.0. The molecule has 3 rings (SSSR count). The predicted molar refractivity (Wildman–Crippen MR) is 88.7 cm³/mol. The third kappa shape index (κ3) is 3.23. The quantitative estimate of drug-likeness (QED) is 0.928. The molecule has 6 nitrogen and oxygen atoms in total. The number of aromatic nitrogens is 2. The van der Waals surface area contributed by atoms with Crippen LogP contribution in [-0.4, -0.2) is 58.6 Å². The van der Waals surface area contributed by atoms with Crippen LogP contribution in [0.4, 0.5) is 0 Å². The van der Waals surface area contributed by atoms with Crippen molar-refractivity contribution in [1.29, 1.82) is 0 Å². The molecule has 1 saturated heterocycles. The molecule has 0 bridgehead atoms. The van der Waals surface area contributed by atoms with Gasteiger partial charge >= 0.3 is 0 Å². The molecule has 2 aromatic heterocycles. The summed E-state index contributed by atoms with van der Waals surface area (Å²) in [5.74, 6) is -0.149. The maximum atomic E-state index is 12.5. The SMILES string of the molecule is COC1CN(C(C)C)CC1NC(=O)c1cn2cc(C)ccc2n1. The maximum absolute atomic E-state index is 12.5. The van der Waals surface area contributed by atoms with E-state index in [1.165, 1.54) is 0 Å². The molecular formula is C17H24N4O2. The standard InChI is InChI=1S/C17H24N4O2/c1-11(2)20-8-13(15(10-20)23-4)19-17(22)14-9-21-7-12(3)5-6-16(21)18-14/h5-7,9,11,13,15H,8,10H2,1-4H3,(H,19,22). The van der Waals surface area contributed by atoms with Crippen LogP contribution in [0.15, 0.2) is 24.5 Å². The summed E-state index contributed by atoms with van der Waals surface area (Å²) >= 11 is 0. The summed E-state index contributed by atoms with van der Waals surface area (Å²) in [6.45, 7) is 7.96. The van der Waals surface area contributed by atoms with Gasteiger partial charge in [-0.1, -0.05) is 6.07 Å². The van der Waals surface area contributed by atoms with Crippen LogP contribution >= 0.6 is 0 Å². The first-order valence-corrected chi connectivity index (χ1v) is 8.01. The van der Waals surface area contributed by atoms with Gasteiger partial charge in [-0.2, -0.15) is 0 Å². The molecule has 3 heterocycles. The van der Waals surface area contributed by atoms with Gasteiger partial charge in [0.2, 0.25) is 0 Å². The van der Waals surface area contributed by atoms with Crippen molar-refractivity contribution >= 4 is 11.6 Å². The molecule has 0 aliphatic carbocycles. The van der Waals surface area contributed by atoms with Gasteiger partial charge in [0.25, 0.3) is 5.91 Å². The lowest BCUT2D eigenvalue weighted by molar-refractivity contribution is 0.0750. The molecule has 6 heteroatoms. The van der Waals surface area contributed by atoms with E-state index in [9.17, 15) is 4.79 Å². The Bertz CT molecular complexity index is 710. The minimum absolute atomic E-state index is 0.0125. The largest absolute Gasteiger partial charge is 0.378 e. The zero-order valence-corrected chi connectivity index (χ0v) is 14.1. The highest BCUT2D eigenvalue weighted by atomic mass is 16.5. The maximum Gasteiger partial charge on any atom is 0.271 e. The molecule has 0 aromatic carbocycles. The van der Waals surface area contributed by atoms with E-state index in [0.717, 1.165) is 24.3 Å².